The second kappa shape index (κ2) is 44.6. The van der Waals surface area contributed by atoms with Crippen LogP contribution in [0, 0.1) is 23.7 Å². The number of aliphatic hydroxyl groups excluding tert-OH is 4. The van der Waals surface area contributed by atoms with E-state index in [0.29, 0.717) is 94.7 Å². The standard InChI is InChI=1S/2C44H58O10/c2*1-47-37-17-13-29(21-34(37)15-11-31-24-39(49-3)43(53-7)40(25-31)50-4)20-33(10-9-19-45)36(28-46)23-30-14-18-38(48-2)35(22-30)16-12-32-26-41(51-5)44(54-8)42(27-32)52-6/h2*13-14,17-18,21-22,24-27,33,36,45-46H,9-12,15-16,19-20,23,28H2,1-8H3/t2*33-,36+/m10/s1. The maximum atomic E-state index is 10.8. The number of hydrogen-bond donors (Lipinski definition) is 4. The summed E-state index contributed by atoms with van der Waals surface area (Å²) >= 11 is 0. The molecule has 0 unspecified atom stereocenters. The maximum absolute atomic E-state index is 10.8. The molecular formula is C88H116O20. The van der Waals surface area contributed by atoms with E-state index in [0.717, 1.165) is 167 Å². The molecule has 4 N–H and O–H groups in total. The van der Waals surface area contributed by atoms with Crippen LogP contribution in [0.3, 0.4) is 0 Å². The molecule has 8 rings (SSSR count). The topological polar surface area (TPSA) is 229 Å². The fourth-order valence-corrected chi connectivity index (χ4v) is 14.5. The van der Waals surface area contributed by atoms with Gasteiger partial charge in [-0.15, -0.1) is 0 Å². The first kappa shape index (κ1) is 85.6. The van der Waals surface area contributed by atoms with Gasteiger partial charge in [-0.25, -0.2) is 0 Å². The zero-order valence-electron chi connectivity index (χ0n) is 66.3. The van der Waals surface area contributed by atoms with Gasteiger partial charge in [0, 0.05) is 26.4 Å². The van der Waals surface area contributed by atoms with Gasteiger partial charge in [0.1, 0.15) is 23.0 Å². The molecule has 0 bridgehead atoms. The first-order chi connectivity index (χ1) is 52.6. The number of hydrogen-bond acceptors (Lipinski definition) is 20. The lowest BCUT2D eigenvalue weighted by molar-refractivity contribution is 0.158. The molecule has 0 fully saturated rings. The van der Waals surface area contributed by atoms with Gasteiger partial charge < -0.3 is 96.2 Å². The molecule has 0 aliphatic rings. The summed E-state index contributed by atoms with van der Waals surface area (Å²) in [5.74, 6) is 10.8. The molecule has 4 atom stereocenters. The summed E-state index contributed by atoms with van der Waals surface area (Å²) < 4.78 is 89.6. The van der Waals surface area contributed by atoms with E-state index in [4.69, 9.17) is 75.8 Å². The van der Waals surface area contributed by atoms with Crippen LogP contribution < -0.4 is 75.8 Å². The number of aryl methyl sites for hydroxylation is 8. The molecular weight excluding hydrogens is 1380 g/mol. The molecule has 0 aromatic heterocycles. The molecule has 588 valence electrons. The Kier molecular flexibility index (Phi) is 35.4. The molecule has 0 saturated carbocycles. The Balaban J connectivity index is 0.000000301. The highest BCUT2D eigenvalue weighted by Gasteiger charge is 2.27. The predicted molar refractivity (Wildman–Crippen MR) is 422 cm³/mol. The molecule has 0 heterocycles. The van der Waals surface area contributed by atoms with Crippen molar-refractivity contribution >= 4 is 0 Å². The smallest absolute Gasteiger partial charge is 0.203 e. The Labute approximate surface area is 639 Å². The first-order valence-electron chi connectivity index (χ1n) is 36.8. The number of methoxy groups -OCH3 is 16. The number of aliphatic hydroxyl groups is 4. The third-order valence-electron chi connectivity index (χ3n) is 20.3. The van der Waals surface area contributed by atoms with Crippen molar-refractivity contribution in [1.82, 2.24) is 0 Å². The van der Waals surface area contributed by atoms with Crippen LogP contribution in [-0.4, -0.2) is 161 Å². The van der Waals surface area contributed by atoms with Gasteiger partial charge in [0.2, 0.25) is 23.0 Å². The van der Waals surface area contributed by atoms with Crippen molar-refractivity contribution in [2.24, 2.45) is 23.7 Å². The second-order valence-electron chi connectivity index (χ2n) is 26.7. The summed E-state index contributed by atoms with van der Waals surface area (Å²) in [4.78, 5) is 0. The van der Waals surface area contributed by atoms with Crippen LogP contribution in [-0.2, 0) is 77.0 Å². The van der Waals surface area contributed by atoms with Gasteiger partial charge in [0.05, 0.1) is 114 Å². The minimum Gasteiger partial charge on any atom is -0.496 e. The van der Waals surface area contributed by atoms with Gasteiger partial charge in [0.25, 0.3) is 0 Å². The Morgan fingerprint density at radius 3 is 0.574 bits per heavy atom. The van der Waals surface area contributed by atoms with Crippen molar-refractivity contribution in [3.05, 3.63) is 188 Å². The van der Waals surface area contributed by atoms with Crippen LogP contribution in [0.4, 0.5) is 0 Å². The Morgan fingerprint density at radius 2 is 0.407 bits per heavy atom. The molecule has 0 radical (unpaired) electrons. The monoisotopic (exact) mass is 1490 g/mol. The molecule has 8 aromatic carbocycles. The van der Waals surface area contributed by atoms with Crippen molar-refractivity contribution in [2.75, 3.05) is 140 Å². The highest BCUT2D eigenvalue weighted by atomic mass is 16.6. The molecule has 0 aliphatic heterocycles. The number of benzene rings is 8. The fraction of sp³-hybridized carbons (Fsp3) is 0.455. The van der Waals surface area contributed by atoms with E-state index in [-0.39, 0.29) is 50.1 Å². The Hall–Kier alpha value is -9.60. The summed E-state index contributed by atoms with van der Waals surface area (Å²) in [5, 5.41) is 41.2. The highest BCUT2D eigenvalue weighted by Crippen LogP contribution is 2.44. The van der Waals surface area contributed by atoms with Crippen LogP contribution >= 0.6 is 0 Å². The van der Waals surface area contributed by atoms with Gasteiger partial charge >= 0.3 is 0 Å². The van der Waals surface area contributed by atoms with Gasteiger partial charge in [-0.05, 0) is 266 Å². The number of rotatable bonds is 46. The van der Waals surface area contributed by atoms with Crippen LogP contribution in [0.1, 0.15) is 92.4 Å². The van der Waals surface area contributed by atoms with E-state index in [1.54, 1.807) is 114 Å². The zero-order chi connectivity index (χ0) is 78.1. The van der Waals surface area contributed by atoms with E-state index < -0.39 is 0 Å². The van der Waals surface area contributed by atoms with Crippen molar-refractivity contribution in [3.63, 3.8) is 0 Å². The first-order valence-corrected chi connectivity index (χ1v) is 36.8. The van der Waals surface area contributed by atoms with E-state index >= 15 is 0 Å². The molecule has 0 saturated heterocycles. The lowest BCUT2D eigenvalue weighted by Gasteiger charge is -2.27. The van der Waals surface area contributed by atoms with E-state index in [9.17, 15) is 20.4 Å². The minimum atomic E-state index is -0.0160. The van der Waals surface area contributed by atoms with Crippen LogP contribution in [0.5, 0.6) is 92.0 Å². The third-order valence-corrected chi connectivity index (χ3v) is 20.3. The third kappa shape index (κ3) is 23.2. The second-order valence-corrected chi connectivity index (χ2v) is 26.7. The largest absolute Gasteiger partial charge is 0.496 e. The summed E-state index contributed by atoms with van der Waals surface area (Å²) in [6, 6.07) is 41.1. The molecule has 108 heavy (non-hydrogen) atoms. The summed E-state index contributed by atoms with van der Waals surface area (Å²) in [7, 11) is 26.1. The summed E-state index contributed by atoms with van der Waals surface area (Å²) in [6.07, 6.45) is 11.7. The predicted octanol–water partition coefficient (Wildman–Crippen LogP) is 14.2. The maximum Gasteiger partial charge on any atom is 0.203 e. The van der Waals surface area contributed by atoms with Gasteiger partial charge in [-0.1, -0.05) is 48.5 Å². The molecule has 0 aliphatic carbocycles. The number of ether oxygens (including phenoxy) is 16. The summed E-state index contributed by atoms with van der Waals surface area (Å²) in [6.45, 7) is 0.274. The van der Waals surface area contributed by atoms with E-state index in [1.807, 2.05) is 72.8 Å². The van der Waals surface area contributed by atoms with Gasteiger partial charge in [0.15, 0.2) is 46.0 Å². The van der Waals surface area contributed by atoms with Gasteiger partial charge in [-0.3, -0.25) is 0 Å². The average molecular weight is 1490 g/mol. The van der Waals surface area contributed by atoms with Crippen LogP contribution in [0.15, 0.2) is 121 Å². The van der Waals surface area contributed by atoms with E-state index in [2.05, 4.69) is 48.5 Å². The lowest BCUT2D eigenvalue weighted by Crippen LogP contribution is -2.24. The SMILES string of the molecule is COc1ccc(C[C@@H](CO)[C@H](CCCO)Cc2ccc(OC)c(CCc3cc(OC)c(OC)c(OC)c3)c2)cc1CCc1cc(OC)c(OC)c(OC)c1.COc1ccc(C[C@H](CO)[C@@H](CCCO)Cc2ccc(OC)c(CCc3cc(OC)c(OC)c(OC)c3)c2)cc1CCc1cc(OC)c(OC)c(OC)c1. The molecule has 0 spiro atoms. The van der Waals surface area contributed by atoms with E-state index in [1.165, 1.54) is 0 Å². The van der Waals surface area contributed by atoms with Crippen molar-refractivity contribution in [2.45, 2.75) is 103 Å². The van der Waals surface area contributed by atoms with Gasteiger partial charge in [-0.2, -0.15) is 0 Å². The van der Waals surface area contributed by atoms with Crippen molar-refractivity contribution in [3.8, 4) is 92.0 Å². The minimum absolute atomic E-state index is 0.0160. The Bertz CT molecular complexity index is 3700. The quantitative estimate of drug-likeness (QED) is 0.0278. The molecule has 20 nitrogen and oxygen atoms in total. The molecule has 0 amide bonds. The van der Waals surface area contributed by atoms with Crippen LogP contribution in [0.2, 0.25) is 0 Å². The summed E-state index contributed by atoms with van der Waals surface area (Å²) in [5.41, 5.74) is 13.2. The normalized spacial score (nSPS) is 12.1. The average Bonchev–Trinajstić information content (AvgIpc) is 0.823. The zero-order valence-corrected chi connectivity index (χ0v) is 66.3. The van der Waals surface area contributed by atoms with Crippen molar-refractivity contribution in [1.29, 1.82) is 0 Å². The Morgan fingerprint density at radius 1 is 0.213 bits per heavy atom. The molecule has 8 aromatic rings. The molecule has 20 heteroatoms. The van der Waals surface area contributed by atoms with Crippen molar-refractivity contribution < 1.29 is 96.2 Å². The fourth-order valence-electron chi connectivity index (χ4n) is 14.5. The highest BCUT2D eigenvalue weighted by molar-refractivity contribution is 5.57. The lowest BCUT2D eigenvalue weighted by atomic mass is 9.80. The van der Waals surface area contributed by atoms with Crippen LogP contribution in [0.25, 0.3) is 0 Å².